The molecule has 0 N–H and O–H groups in total. The van der Waals surface area contributed by atoms with Crippen LogP contribution in [0.4, 0.5) is 18.9 Å². The number of nitro groups is 1. The number of nitro benzene ring substituents is 1. The molecule has 1 aliphatic heterocycles. The molecule has 0 saturated carbocycles. The first kappa shape index (κ1) is 20.5. The molecule has 9 heteroatoms. The molecule has 0 amide bonds. The molecule has 0 spiro atoms. The van der Waals surface area contributed by atoms with E-state index in [2.05, 4.69) is 4.99 Å². The van der Waals surface area contributed by atoms with Crippen molar-refractivity contribution in [3.05, 3.63) is 75.3 Å². The number of methoxy groups -OCH3 is 2. The number of hydrogen-bond acceptors (Lipinski definition) is 5. The van der Waals surface area contributed by atoms with Gasteiger partial charge in [0.2, 0.25) is 5.60 Å². The summed E-state index contributed by atoms with van der Waals surface area (Å²) in [5.41, 5.74) is -1.43. The minimum atomic E-state index is -4.68. The van der Waals surface area contributed by atoms with Crippen molar-refractivity contribution in [3.8, 4) is 5.75 Å². The summed E-state index contributed by atoms with van der Waals surface area (Å²) in [4.78, 5) is 14.3. The Hall–Kier alpha value is -3.20. The summed E-state index contributed by atoms with van der Waals surface area (Å²) >= 11 is 0. The molecule has 0 radical (unpaired) electrons. The van der Waals surface area contributed by atoms with E-state index in [1.165, 1.54) is 31.4 Å². The largest absolute Gasteiger partial charge is 0.497 e. The first-order valence-corrected chi connectivity index (χ1v) is 8.49. The second kappa shape index (κ2) is 7.67. The molecule has 152 valence electrons. The number of nitrogens with zero attached hydrogens (tertiary/aromatic N) is 2. The van der Waals surface area contributed by atoms with Gasteiger partial charge in [-0.1, -0.05) is 6.08 Å². The lowest BCUT2D eigenvalue weighted by Gasteiger charge is -2.37. The minimum Gasteiger partial charge on any atom is -0.497 e. The van der Waals surface area contributed by atoms with Crippen molar-refractivity contribution in [3.63, 3.8) is 0 Å². The second-order valence-electron chi connectivity index (χ2n) is 6.32. The highest BCUT2D eigenvalue weighted by molar-refractivity contribution is 6.12. The first-order valence-electron chi connectivity index (χ1n) is 8.49. The lowest BCUT2D eigenvalue weighted by molar-refractivity contribution is -0.384. The number of hydrogen-bond donors (Lipinski definition) is 0. The van der Waals surface area contributed by atoms with Gasteiger partial charge in [0.25, 0.3) is 5.69 Å². The van der Waals surface area contributed by atoms with Crippen LogP contribution in [0.2, 0.25) is 0 Å². The molecule has 0 fully saturated rings. The maximum absolute atomic E-state index is 13.9. The van der Waals surface area contributed by atoms with E-state index >= 15 is 0 Å². The Labute approximate surface area is 164 Å². The van der Waals surface area contributed by atoms with Crippen molar-refractivity contribution < 1.29 is 27.6 Å². The zero-order valence-electron chi connectivity index (χ0n) is 15.6. The van der Waals surface area contributed by atoms with Gasteiger partial charge in [0.05, 0.1) is 24.3 Å². The van der Waals surface area contributed by atoms with Gasteiger partial charge in [-0.2, -0.15) is 13.2 Å². The van der Waals surface area contributed by atoms with Crippen LogP contribution < -0.4 is 4.74 Å². The van der Waals surface area contributed by atoms with Gasteiger partial charge in [-0.25, -0.2) is 0 Å². The Kier molecular flexibility index (Phi) is 5.43. The van der Waals surface area contributed by atoms with Crippen LogP contribution in [0.25, 0.3) is 6.08 Å². The van der Waals surface area contributed by atoms with Crippen LogP contribution in [0.15, 0.2) is 53.5 Å². The van der Waals surface area contributed by atoms with Gasteiger partial charge in [-0.05, 0) is 42.0 Å². The summed E-state index contributed by atoms with van der Waals surface area (Å²) in [7, 11) is 2.38. The topological polar surface area (TPSA) is 74.0 Å². The molecule has 0 aliphatic carbocycles. The molecule has 1 atom stereocenters. The SMILES string of the molecule is COc1ccc2c(c1)C(OC)(C(F)(F)F)CN=C2/C=C/c1ccc([N+](=O)[O-])cc1. The van der Waals surface area contributed by atoms with Crippen LogP contribution in [-0.4, -0.2) is 37.6 Å². The summed E-state index contributed by atoms with van der Waals surface area (Å²) in [6.45, 7) is -0.632. The molecule has 29 heavy (non-hydrogen) atoms. The van der Waals surface area contributed by atoms with Crippen molar-refractivity contribution in [1.82, 2.24) is 0 Å². The van der Waals surface area contributed by atoms with Crippen molar-refractivity contribution in [2.75, 3.05) is 20.8 Å². The Morgan fingerprint density at radius 2 is 1.83 bits per heavy atom. The van der Waals surface area contributed by atoms with Crippen LogP contribution in [0.5, 0.6) is 5.75 Å². The summed E-state index contributed by atoms with van der Waals surface area (Å²) in [6.07, 6.45) is -1.48. The molecule has 0 bridgehead atoms. The zero-order valence-corrected chi connectivity index (χ0v) is 15.6. The molecule has 0 saturated heterocycles. The first-order chi connectivity index (χ1) is 13.7. The monoisotopic (exact) mass is 406 g/mol. The number of ether oxygens (including phenoxy) is 2. The number of fused-ring (bicyclic) bond motifs is 1. The number of allylic oxidation sites excluding steroid dienone is 1. The van der Waals surface area contributed by atoms with Gasteiger partial charge < -0.3 is 9.47 Å². The van der Waals surface area contributed by atoms with Crippen LogP contribution in [-0.2, 0) is 10.3 Å². The highest BCUT2D eigenvalue weighted by Crippen LogP contribution is 2.46. The molecule has 0 aromatic heterocycles. The number of alkyl halides is 3. The number of rotatable bonds is 5. The Bertz CT molecular complexity index is 984. The van der Waals surface area contributed by atoms with Gasteiger partial charge >= 0.3 is 6.18 Å². The molecular weight excluding hydrogens is 389 g/mol. The van der Waals surface area contributed by atoms with Crippen molar-refractivity contribution in [2.24, 2.45) is 4.99 Å². The van der Waals surface area contributed by atoms with E-state index < -0.39 is 23.2 Å². The zero-order chi connectivity index (χ0) is 21.2. The average molecular weight is 406 g/mol. The molecule has 6 nitrogen and oxygen atoms in total. The van der Waals surface area contributed by atoms with E-state index in [-0.39, 0.29) is 22.6 Å². The van der Waals surface area contributed by atoms with Crippen LogP contribution in [0.1, 0.15) is 16.7 Å². The Morgan fingerprint density at radius 3 is 2.38 bits per heavy atom. The van der Waals surface area contributed by atoms with Gasteiger partial charge in [0.15, 0.2) is 0 Å². The molecule has 1 heterocycles. The highest BCUT2D eigenvalue weighted by Gasteiger charge is 2.59. The third-order valence-electron chi connectivity index (χ3n) is 4.75. The predicted molar refractivity (Wildman–Crippen MR) is 101 cm³/mol. The van der Waals surface area contributed by atoms with E-state index in [1.54, 1.807) is 30.4 Å². The predicted octanol–water partition coefficient (Wildman–Crippen LogP) is 4.52. The van der Waals surface area contributed by atoms with Crippen molar-refractivity contribution in [2.45, 2.75) is 11.8 Å². The Balaban J connectivity index is 2.02. The fourth-order valence-corrected chi connectivity index (χ4v) is 3.13. The molecular formula is C20H17F3N2O4. The molecule has 2 aromatic carbocycles. The van der Waals surface area contributed by atoms with E-state index in [4.69, 9.17) is 9.47 Å². The quantitative estimate of drug-likeness (QED) is 0.540. The van der Waals surface area contributed by atoms with Gasteiger partial charge in [0, 0.05) is 30.4 Å². The lowest BCUT2D eigenvalue weighted by atomic mass is 9.84. The smallest absolute Gasteiger partial charge is 0.423 e. The van der Waals surface area contributed by atoms with E-state index in [0.717, 1.165) is 7.11 Å². The number of non-ortho nitro benzene ring substituents is 1. The van der Waals surface area contributed by atoms with E-state index in [1.807, 2.05) is 0 Å². The minimum absolute atomic E-state index is 0.0512. The number of halogens is 3. The third-order valence-corrected chi connectivity index (χ3v) is 4.75. The fourth-order valence-electron chi connectivity index (χ4n) is 3.13. The van der Waals surface area contributed by atoms with Crippen molar-refractivity contribution in [1.29, 1.82) is 0 Å². The lowest BCUT2D eigenvalue weighted by Crippen LogP contribution is -2.49. The summed E-state index contributed by atoms with van der Waals surface area (Å²) in [5.74, 6) is 0.273. The average Bonchev–Trinajstić information content (AvgIpc) is 2.70. The van der Waals surface area contributed by atoms with Crippen LogP contribution in [0, 0.1) is 10.1 Å². The van der Waals surface area contributed by atoms with Gasteiger partial charge in [0.1, 0.15) is 5.75 Å². The summed E-state index contributed by atoms with van der Waals surface area (Å²) in [5, 5.41) is 10.7. The number of benzene rings is 2. The Morgan fingerprint density at radius 1 is 1.14 bits per heavy atom. The normalized spacial score (nSPS) is 19.0. The van der Waals surface area contributed by atoms with E-state index in [9.17, 15) is 23.3 Å². The molecule has 1 unspecified atom stereocenters. The van der Waals surface area contributed by atoms with E-state index in [0.29, 0.717) is 11.3 Å². The van der Waals surface area contributed by atoms with Gasteiger partial charge in [-0.15, -0.1) is 0 Å². The maximum atomic E-state index is 13.9. The standard InChI is InChI=1S/C20H17F3N2O4/c1-28-15-8-9-16-17(11-15)19(29-2,20(21,22)23)12-24-18(16)10-5-13-3-6-14(7-4-13)25(26)27/h3-11H,12H2,1-2H3/b10-5+. The van der Waals surface area contributed by atoms with Crippen LogP contribution >= 0.6 is 0 Å². The fraction of sp³-hybridized carbons (Fsp3) is 0.250. The van der Waals surface area contributed by atoms with Crippen LogP contribution in [0.3, 0.4) is 0 Å². The molecule has 3 rings (SSSR count). The maximum Gasteiger partial charge on any atom is 0.423 e. The molecule has 2 aromatic rings. The number of aliphatic imine (C=N–C) groups is 1. The van der Waals surface area contributed by atoms with Crippen molar-refractivity contribution >= 4 is 17.5 Å². The summed E-state index contributed by atoms with van der Waals surface area (Å²) in [6, 6.07) is 10.1. The summed E-state index contributed by atoms with van der Waals surface area (Å²) < 4.78 is 51.7. The second-order valence-corrected chi connectivity index (χ2v) is 6.32. The third kappa shape index (κ3) is 3.73. The molecule has 1 aliphatic rings. The van der Waals surface area contributed by atoms with Gasteiger partial charge in [-0.3, -0.25) is 15.1 Å². The highest BCUT2D eigenvalue weighted by atomic mass is 19.4.